The van der Waals surface area contributed by atoms with Gasteiger partial charge in [-0.05, 0) is 25.0 Å². The van der Waals surface area contributed by atoms with Gasteiger partial charge in [0.15, 0.2) is 5.78 Å². The van der Waals surface area contributed by atoms with Crippen molar-refractivity contribution in [2.24, 2.45) is 0 Å². The monoisotopic (exact) mass is 218 g/mol. The number of carbonyl (C=O) groups is 1. The molecule has 0 atom stereocenters. The minimum atomic E-state index is 0.0232. The van der Waals surface area contributed by atoms with Crippen LogP contribution in [0.4, 0.5) is 5.69 Å². The van der Waals surface area contributed by atoms with Crippen LogP contribution in [0.5, 0.6) is 0 Å². The SMILES string of the molecule is CC(=O)c1ccc(N(C)C2CCCC2)cn1. The lowest BCUT2D eigenvalue weighted by Crippen LogP contribution is -2.28. The van der Waals surface area contributed by atoms with Crippen LogP contribution in [0.2, 0.25) is 0 Å². The van der Waals surface area contributed by atoms with Gasteiger partial charge in [0.25, 0.3) is 0 Å². The Bertz CT molecular complexity index is 366. The molecular formula is C13H18N2O. The predicted molar refractivity (Wildman–Crippen MR) is 64.9 cm³/mol. The first kappa shape index (κ1) is 11.1. The second-order valence-corrected chi connectivity index (χ2v) is 4.51. The van der Waals surface area contributed by atoms with Crippen LogP contribution in [0.15, 0.2) is 18.3 Å². The Morgan fingerprint density at radius 3 is 2.56 bits per heavy atom. The first-order valence-electron chi connectivity index (χ1n) is 5.88. The first-order valence-corrected chi connectivity index (χ1v) is 5.88. The zero-order chi connectivity index (χ0) is 11.5. The Labute approximate surface area is 96.5 Å². The summed E-state index contributed by atoms with van der Waals surface area (Å²) in [5.41, 5.74) is 1.65. The second-order valence-electron chi connectivity index (χ2n) is 4.51. The molecule has 0 N–H and O–H groups in total. The molecule has 0 spiro atoms. The highest BCUT2D eigenvalue weighted by molar-refractivity contribution is 5.92. The van der Waals surface area contributed by atoms with Crippen LogP contribution in [-0.2, 0) is 0 Å². The van der Waals surface area contributed by atoms with Crippen LogP contribution in [0.3, 0.4) is 0 Å². The zero-order valence-electron chi connectivity index (χ0n) is 9.94. The molecule has 1 aliphatic rings. The van der Waals surface area contributed by atoms with E-state index < -0.39 is 0 Å². The van der Waals surface area contributed by atoms with E-state index in [0.29, 0.717) is 11.7 Å². The fourth-order valence-corrected chi connectivity index (χ4v) is 2.31. The van der Waals surface area contributed by atoms with Gasteiger partial charge in [-0.25, -0.2) is 0 Å². The van der Waals surface area contributed by atoms with Crippen molar-refractivity contribution < 1.29 is 4.79 Å². The maximum Gasteiger partial charge on any atom is 0.178 e. The quantitative estimate of drug-likeness (QED) is 0.731. The molecule has 0 unspecified atom stereocenters. The number of nitrogens with zero attached hydrogens (tertiary/aromatic N) is 2. The van der Waals surface area contributed by atoms with E-state index in [9.17, 15) is 4.79 Å². The highest BCUT2D eigenvalue weighted by atomic mass is 16.1. The molecule has 1 aromatic heterocycles. The molecule has 0 aliphatic heterocycles. The minimum absolute atomic E-state index is 0.0232. The van der Waals surface area contributed by atoms with Gasteiger partial charge in [-0.15, -0.1) is 0 Å². The van der Waals surface area contributed by atoms with Crippen LogP contribution in [0.1, 0.15) is 43.1 Å². The van der Waals surface area contributed by atoms with Gasteiger partial charge in [0.1, 0.15) is 5.69 Å². The molecule has 1 fully saturated rings. The Hall–Kier alpha value is -1.38. The maximum atomic E-state index is 11.1. The van der Waals surface area contributed by atoms with Crippen LogP contribution >= 0.6 is 0 Å². The molecule has 3 nitrogen and oxygen atoms in total. The summed E-state index contributed by atoms with van der Waals surface area (Å²) >= 11 is 0. The van der Waals surface area contributed by atoms with Gasteiger partial charge in [-0.2, -0.15) is 0 Å². The molecule has 2 rings (SSSR count). The number of anilines is 1. The molecule has 0 aromatic carbocycles. The molecule has 86 valence electrons. The molecule has 1 aromatic rings. The van der Waals surface area contributed by atoms with Crippen molar-refractivity contribution in [1.29, 1.82) is 0 Å². The van der Waals surface area contributed by atoms with Crippen molar-refractivity contribution in [2.75, 3.05) is 11.9 Å². The number of hydrogen-bond acceptors (Lipinski definition) is 3. The average molecular weight is 218 g/mol. The topological polar surface area (TPSA) is 33.2 Å². The van der Waals surface area contributed by atoms with E-state index in [1.54, 1.807) is 13.1 Å². The van der Waals surface area contributed by atoms with E-state index in [0.717, 1.165) is 5.69 Å². The molecule has 3 heteroatoms. The van der Waals surface area contributed by atoms with E-state index in [1.165, 1.54) is 25.7 Å². The van der Waals surface area contributed by atoms with Crippen molar-refractivity contribution in [3.05, 3.63) is 24.0 Å². The standard InChI is InChI=1S/C13H18N2O/c1-10(16)13-8-7-12(9-14-13)15(2)11-5-3-4-6-11/h7-9,11H,3-6H2,1-2H3. The third kappa shape index (κ3) is 2.23. The van der Waals surface area contributed by atoms with Crippen LogP contribution < -0.4 is 4.90 Å². The largest absolute Gasteiger partial charge is 0.370 e. The normalized spacial score (nSPS) is 16.4. The number of carbonyl (C=O) groups excluding carboxylic acids is 1. The Morgan fingerprint density at radius 2 is 2.06 bits per heavy atom. The second kappa shape index (κ2) is 4.64. The molecule has 0 bridgehead atoms. The lowest BCUT2D eigenvalue weighted by Gasteiger charge is -2.26. The van der Waals surface area contributed by atoms with Gasteiger partial charge in [0.05, 0.1) is 11.9 Å². The molecular weight excluding hydrogens is 200 g/mol. The smallest absolute Gasteiger partial charge is 0.178 e. The third-order valence-electron chi connectivity index (χ3n) is 3.39. The molecule has 0 amide bonds. The summed E-state index contributed by atoms with van der Waals surface area (Å²) in [6.07, 6.45) is 6.99. The maximum absolute atomic E-state index is 11.1. The van der Waals surface area contributed by atoms with Crippen molar-refractivity contribution in [3.8, 4) is 0 Å². The van der Waals surface area contributed by atoms with Gasteiger partial charge < -0.3 is 4.90 Å². The number of aromatic nitrogens is 1. The summed E-state index contributed by atoms with van der Waals surface area (Å²) in [5, 5.41) is 0. The molecule has 16 heavy (non-hydrogen) atoms. The number of Topliss-reactive ketones (excluding diaryl/α,β-unsaturated/α-hetero) is 1. The molecule has 1 saturated carbocycles. The van der Waals surface area contributed by atoms with Gasteiger partial charge in [0, 0.05) is 20.0 Å². The first-order chi connectivity index (χ1) is 7.68. The van der Waals surface area contributed by atoms with Gasteiger partial charge in [0.2, 0.25) is 0 Å². The predicted octanol–water partition coefficient (Wildman–Crippen LogP) is 2.66. The fourth-order valence-electron chi connectivity index (χ4n) is 2.31. The van der Waals surface area contributed by atoms with Crippen LogP contribution in [0, 0.1) is 0 Å². The Kier molecular flexibility index (Phi) is 3.22. The van der Waals surface area contributed by atoms with Gasteiger partial charge in [-0.1, -0.05) is 12.8 Å². The molecule has 1 heterocycles. The number of pyridine rings is 1. The minimum Gasteiger partial charge on any atom is -0.370 e. The third-order valence-corrected chi connectivity index (χ3v) is 3.39. The van der Waals surface area contributed by atoms with Crippen molar-refractivity contribution in [2.45, 2.75) is 38.6 Å². The van der Waals surface area contributed by atoms with Crippen molar-refractivity contribution >= 4 is 11.5 Å². The summed E-state index contributed by atoms with van der Waals surface area (Å²) in [6.45, 7) is 1.54. The summed E-state index contributed by atoms with van der Waals surface area (Å²) < 4.78 is 0. The molecule has 1 aliphatic carbocycles. The summed E-state index contributed by atoms with van der Waals surface area (Å²) in [4.78, 5) is 17.6. The van der Waals surface area contributed by atoms with E-state index >= 15 is 0 Å². The Balaban J connectivity index is 2.11. The van der Waals surface area contributed by atoms with E-state index in [2.05, 4.69) is 16.9 Å². The van der Waals surface area contributed by atoms with E-state index in [4.69, 9.17) is 0 Å². The molecule has 0 radical (unpaired) electrons. The van der Waals surface area contributed by atoms with E-state index in [-0.39, 0.29) is 5.78 Å². The van der Waals surface area contributed by atoms with Gasteiger partial charge >= 0.3 is 0 Å². The van der Waals surface area contributed by atoms with Crippen molar-refractivity contribution in [1.82, 2.24) is 4.98 Å². The van der Waals surface area contributed by atoms with Crippen LogP contribution in [0.25, 0.3) is 0 Å². The highest BCUT2D eigenvalue weighted by Gasteiger charge is 2.19. The lowest BCUT2D eigenvalue weighted by molar-refractivity contribution is 0.101. The fraction of sp³-hybridized carbons (Fsp3) is 0.538. The summed E-state index contributed by atoms with van der Waals surface area (Å²) in [7, 11) is 2.11. The molecule has 0 saturated heterocycles. The lowest BCUT2D eigenvalue weighted by atomic mass is 10.2. The van der Waals surface area contributed by atoms with Crippen molar-refractivity contribution in [3.63, 3.8) is 0 Å². The summed E-state index contributed by atoms with van der Waals surface area (Å²) in [6, 6.07) is 4.44. The average Bonchev–Trinajstić information content (AvgIpc) is 2.81. The zero-order valence-corrected chi connectivity index (χ0v) is 9.94. The van der Waals surface area contributed by atoms with E-state index in [1.807, 2.05) is 12.1 Å². The number of hydrogen-bond donors (Lipinski definition) is 0. The van der Waals surface area contributed by atoms with Crippen LogP contribution in [-0.4, -0.2) is 23.9 Å². The summed E-state index contributed by atoms with van der Waals surface area (Å²) in [5.74, 6) is 0.0232. The number of rotatable bonds is 3. The Morgan fingerprint density at radius 1 is 1.38 bits per heavy atom. The van der Waals surface area contributed by atoms with Gasteiger partial charge in [-0.3, -0.25) is 9.78 Å². The number of ketones is 1. The highest BCUT2D eigenvalue weighted by Crippen LogP contribution is 2.26.